The van der Waals surface area contributed by atoms with E-state index in [4.69, 9.17) is 5.73 Å². The van der Waals surface area contributed by atoms with Crippen LogP contribution < -0.4 is 5.73 Å². The first-order chi connectivity index (χ1) is 7.49. The highest BCUT2D eigenvalue weighted by Gasteiger charge is 2.19. The number of methoxy groups -OCH3 is 1. The van der Waals surface area contributed by atoms with E-state index in [1.807, 2.05) is 0 Å². The van der Waals surface area contributed by atoms with Crippen LogP contribution >= 0.6 is 15.9 Å². The van der Waals surface area contributed by atoms with E-state index in [2.05, 4.69) is 20.7 Å². The zero-order valence-corrected chi connectivity index (χ0v) is 10.6. The fourth-order valence-electron chi connectivity index (χ4n) is 1.31. The first-order valence-electron chi connectivity index (χ1n) is 4.60. The van der Waals surface area contributed by atoms with E-state index in [9.17, 15) is 9.59 Å². The Labute approximate surface area is 102 Å². The van der Waals surface area contributed by atoms with Crippen molar-refractivity contribution in [3.63, 3.8) is 0 Å². The number of hydrogen-bond donors (Lipinski definition) is 1. The smallest absolute Gasteiger partial charge is 0.339 e. The molecule has 16 heavy (non-hydrogen) atoms. The summed E-state index contributed by atoms with van der Waals surface area (Å²) in [6, 6.07) is 4.92. The molecule has 0 fully saturated rings. The molecule has 4 nitrogen and oxygen atoms in total. The Morgan fingerprint density at radius 1 is 1.44 bits per heavy atom. The second-order valence-corrected chi connectivity index (χ2v) is 4.19. The summed E-state index contributed by atoms with van der Waals surface area (Å²) in [6.07, 6.45) is 0. The van der Waals surface area contributed by atoms with Crippen molar-refractivity contribution >= 4 is 33.4 Å². The third-order valence-electron chi connectivity index (χ3n) is 2.18. The zero-order chi connectivity index (χ0) is 12.3. The van der Waals surface area contributed by atoms with Crippen molar-refractivity contribution in [1.29, 1.82) is 0 Å². The molecular weight excluding hydrogens is 274 g/mol. The Bertz CT molecular complexity index is 431. The predicted molar refractivity (Wildman–Crippen MR) is 64.5 cm³/mol. The first kappa shape index (κ1) is 12.7. The van der Waals surface area contributed by atoms with Gasteiger partial charge >= 0.3 is 5.97 Å². The van der Waals surface area contributed by atoms with Gasteiger partial charge in [0.25, 0.3) is 0 Å². The summed E-state index contributed by atoms with van der Waals surface area (Å²) in [5, 5.41) is 0. The minimum atomic E-state index is -0.511. The molecule has 1 atom stereocenters. The summed E-state index contributed by atoms with van der Waals surface area (Å²) in [6.45, 7) is 1.45. The molecule has 0 aromatic heterocycles. The SMILES string of the molecule is COC(=O)c1cccc(C(Br)C(C)=O)c1N. The van der Waals surface area contributed by atoms with Crippen molar-refractivity contribution in [2.75, 3.05) is 12.8 Å². The van der Waals surface area contributed by atoms with Crippen LogP contribution in [0, 0.1) is 0 Å². The number of ether oxygens (including phenoxy) is 1. The molecule has 0 spiro atoms. The maximum absolute atomic E-state index is 11.4. The number of ketones is 1. The number of hydrogen-bond acceptors (Lipinski definition) is 4. The summed E-state index contributed by atoms with van der Waals surface area (Å²) < 4.78 is 4.59. The molecule has 0 aliphatic heterocycles. The highest BCUT2D eigenvalue weighted by molar-refractivity contribution is 9.09. The number of Topliss-reactive ketones (excluding diaryl/α,β-unsaturated/α-hetero) is 1. The zero-order valence-electron chi connectivity index (χ0n) is 8.99. The molecule has 1 aromatic carbocycles. The van der Waals surface area contributed by atoms with Crippen molar-refractivity contribution in [2.45, 2.75) is 11.8 Å². The third kappa shape index (κ3) is 2.41. The van der Waals surface area contributed by atoms with Gasteiger partial charge in [0.15, 0.2) is 0 Å². The second kappa shape index (κ2) is 5.12. The number of para-hydroxylation sites is 1. The van der Waals surface area contributed by atoms with Crippen molar-refractivity contribution in [3.8, 4) is 0 Å². The normalized spacial score (nSPS) is 11.9. The van der Waals surface area contributed by atoms with Crippen molar-refractivity contribution in [1.82, 2.24) is 0 Å². The molecule has 0 aliphatic rings. The number of nitrogen functional groups attached to an aromatic ring is 1. The largest absolute Gasteiger partial charge is 0.465 e. The summed E-state index contributed by atoms with van der Waals surface area (Å²) in [5.74, 6) is -0.587. The van der Waals surface area contributed by atoms with E-state index in [1.165, 1.54) is 14.0 Å². The number of benzene rings is 1. The summed E-state index contributed by atoms with van der Waals surface area (Å²) in [4.78, 5) is 22.1. The van der Waals surface area contributed by atoms with Gasteiger partial charge in [-0.25, -0.2) is 4.79 Å². The Morgan fingerprint density at radius 2 is 2.06 bits per heavy atom. The van der Waals surface area contributed by atoms with Gasteiger partial charge < -0.3 is 10.5 Å². The summed E-state index contributed by atoms with van der Waals surface area (Å²) in [7, 11) is 1.28. The van der Waals surface area contributed by atoms with Crippen molar-refractivity contribution in [2.24, 2.45) is 0 Å². The molecule has 2 N–H and O–H groups in total. The number of carbonyl (C=O) groups excluding carboxylic acids is 2. The van der Waals surface area contributed by atoms with Crippen LogP contribution in [0.3, 0.4) is 0 Å². The lowest BCUT2D eigenvalue weighted by atomic mass is 10.0. The highest BCUT2D eigenvalue weighted by Crippen LogP contribution is 2.30. The lowest BCUT2D eigenvalue weighted by Crippen LogP contribution is -2.10. The van der Waals surface area contributed by atoms with Crippen LogP contribution in [0.5, 0.6) is 0 Å². The average Bonchev–Trinajstić information content (AvgIpc) is 2.27. The molecule has 0 amide bonds. The number of carbonyl (C=O) groups is 2. The molecule has 86 valence electrons. The fourth-order valence-corrected chi connectivity index (χ4v) is 1.71. The monoisotopic (exact) mass is 285 g/mol. The summed E-state index contributed by atoms with van der Waals surface area (Å²) >= 11 is 3.22. The number of nitrogens with two attached hydrogens (primary N) is 1. The van der Waals surface area contributed by atoms with Crippen LogP contribution in [0.15, 0.2) is 18.2 Å². The molecular formula is C11H12BrNO3. The molecule has 0 aliphatic carbocycles. The van der Waals surface area contributed by atoms with Gasteiger partial charge in [-0.15, -0.1) is 0 Å². The van der Waals surface area contributed by atoms with Gasteiger partial charge in [0.2, 0.25) is 0 Å². The van der Waals surface area contributed by atoms with Gasteiger partial charge in [-0.3, -0.25) is 4.79 Å². The molecule has 1 aromatic rings. The van der Waals surface area contributed by atoms with E-state index in [0.29, 0.717) is 5.56 Å². The Kier molecular flexibility index (Phi) is 4.06. The predicted octanol–water partition coefficient (Wildman–Crippen LogP) is 2.08. The second-order valence-electron chi connectivity index (χ2n) is 3.27. The Morgan fingerprint density at radius 3 is 2.56 bits per heavy atom. The van der Waals surface area contributed by atoms with E-state index in [-0.39, 0.29) is 17.0 Å². The number of halogens is 1. The standard InChI is InChI=1S/C11H12BrNO3/c1-6(14)9(12)7-4-3-5-8(10(7)13)11(15)16-2/h3-5,9H,13H2,1-2H3. The highest BCUT2D eigenvalue weighted by atomic mass is 79.9. The van der Waals surface area contributed by atoms with Crippen molar-refractivity contribution < 1.29 is 14.3 Å². The first-order valence-corrected chi connectivity index (χ1v) is 5.51. The average molecular weight is 286 g/mol. The van der Waals surface area contributed by atoms with Gasteiger partial charge in [-0.2, -0.15) is 0 Å². The van der Waals surface area contributed by atoms with Crippen LogP contribution in [-0.4, -0.2) is 18.9 Å². The number of esters is 1. The van der Waals surface area contributed by atoms with Crippen LogP contribution in [0.4, 0.5) is 5.69 Å². The quantitative estimate of drug-likeness (QED) is 0.524. The van der Waals surface area contributed by atoms with Gasteiger partial charge in [-0.05, 0) is 18.6 Å². The number of alkyl halides is 1. The van der Waals surface area contributed by atoms with E-state index in [0.717, 1.165) is 0 Å². The van der Waals surface area contributed by atoms with Gasteiger partial charge in [-0.1, -0.05) is 28.1 Å². The minimum Gasteiger partial charge on any atom is -0.465 e. The van der Waals surface area contributed by atoms with E-state index in [1.54, 1.807) is 18.2 Å². The maximum atomic E-state index is 11.4. The topological polar surface area (TPSA) is 69.4 Å². The van der Waals surface area contributed by atoms with Gasteiger partial charge in [0.1, 0.15) is 5.78 Å². The molecule has 1 rings (SSSR count). The van der Waals surface area contributed by atoms with E-state index >= 15 is 0 Å². The Balaban J connectivity index is 3.23. The van der Waals surface area contributed by atoms with Crippen LogP contribution in [-0.2, 0) is 9.53 Å². The lowest BCUT2D eigenvalue weighted by molar-refractivity contribution is -0.116. The van der Waals surface area contributed by atoms with Gasteiger partial charge in [0.05, 0.1) is 23.2 Å². The molecule has 0 radical (unpaired) electrons. The van der Waals surface area contributed by atoms with Crippen LogP contribution in [0.1, 0.15) is 27.7 Å². The molecule has 0 saturated heterocycles. The molecule has 5 heteroatoms. The van der Waals surface area contributed by atoms with E-state index < -0.39 is 10.8 Å². The van der Waals surface area contributed by atoms with Gasteiger partial charge in [0, 0.05) is 0 Å². The fraction of sp³-hybridized carbons (Fsp3) is 0.273. The van der Waals surface area contributed by atoms with Crippen LogP contribution in [0.25, 0.3) is 0 Å². The molecule has 0 saturated carbocycles. The molecule has 0 bridgehead atoms. The van der Waals surface area contributed by atoms with Crippen molar-refractivity contribution in [3.05, 3.63) is 29.3 Å². The van der Waals surface area contributed by atoms with Crippen LogP contribution in [0.2, 0.25) is 0 Å². The molecule has 1 unspecified atom stereocenters. The lowest BCUT2D eigenvalue weighted by Gasteiger charge is -2.12. The maximum Gasteiger partial charge on any atom is 0.339 e. The minimum absolute atomic E-state index is 0.0753. The third-order valence-corrected chi connectivity index (χ3v) is 3.31. The number of rotatable bonds is 3. The molecule has 0 heterocycles. The Hall–Kier alpha value is -1.36. The number of anilines is 1. The summed E-state index contributed by atoms with van der Waals surface area (Å²) in [5.41, 5.74) is 6.93.